The lowest BCUT2D eigenvalue weighted by molar-refractivity contribution is 0.112. The van der Waals surface area contributed by atoms with Gasteiger partial charge >= 0.3 is 0 Å². The molecule has 0 saturated heterocycles. The van der Waals surface area contributed by atoms with Gasteiger partial charge in [0.25, 0.3) is 0 Å². The van der Waals surface area contributed by atoms with E-state index in [4.69, 9.17) is 11.6 Å². The molecule has 3 heteroatoms. The quantitative estimate of drug-likeness (QED) is 0.749. The third kappa shape index (κ3) is 2.10. The van der Waals surface area contributed by atoms with Crippen molar-refractivity contribution in [2.24, 2.45) is 0 Å². The zero-order valence-corrected chi connectivity index (χ0v) is 11.7. The number of halogens is 1. The number of benzene rings is 1. The van der Waals surface area contributed by atoms with E-state index in [9.17, 15) is 4.79 Å². The Labute approximate surface area is 118 Å². The highest BCUT2D eigenvalue weighted by atomic mass is 35.5. The Morgan fingerprint density at radius 3 is 2.89 bits per heavy atom. The van der Waals surface area contributed by atoms with Crippen LogP contribution in [0.25, 0.3) is 11.3 Å². The van der Waals surface area contributed by atoms with Crippen LogP contribution in [-0.4, -0.2) is 10.9 Å². The second-order valence-electron chi connectivity index (χ2n) is 5.12. The number of aromatic nitrogens is 1. The van der Waals surface area contributed by atoms with Gasteiger partial charge in [-0.2, -0.15) is 0 Å². The lowest BCUT2D eigenvalue weighted by Gasteiger charge is -2.19. The lowest BCUT2D eigenvalue weighted by Crippen LogP contribution is -2.11. The zero-order valence-electron chi connectivity index (χ0n) is 10.9. The standard InChI is InChI=1S/C16H16ClNO/c1-11-8-16(18-7-3-2-4-15(11)18)14-9-13(17)6-5-12(14)10-19/h5-6,8-10H,2-4,7H2,1H3. The maximum Gasteiger partial charge on any atom is 0.150 e. The van der Waals surface area contributed by atoms with E-state index in [0.717, 1.165) is 30.5 Å². The Kier molecular flexibility index (Phi) is 3.19. The Morgan fingerprint density at radius 2 is 2.11 bits per heavy atom. The average molecular weight is 274 g/mol. The molecule has 2 heterocycles. The smallest absolute Gasteiger partial charge is 0.150 e. The summed E-state index contributed by atoms with van der Waals surface area (Å²) >= 11 is 6.09. The Morgan fingerprint density at radius 1 is 1.26 bits per heavy atom. The molecule has 0 unspecified atom stereocenters. The van der Waals surface area contributed by atoms with Crippen LogP contribution in [0.1, 0.15) is 34.5 Å². The Balaban J connectivity index is 2.22. The van der Waals surface area contributed by atoms with Crippen molar-refractivity contribution in [2.75, 3.05) is 0 Å². The fraction of sp³-hybridized carbons (Fsp3) is 0.312. The number of carbonyl (C=O) groups is 1. The molecule has 0 spiro atoms. The van der Waals surface area contributed by atoms with Crippen LogP contribution in [0.4, 0.5) is 0 Å². The average Bonchev–Trinajstić information content (AvgIpc) is 2.77. The molecule has 1 aromatic carbocycles. The van der Waals surface area contributed by atoms with Crippen molar-refractivity contribution in [3.8, 4) is 11.3 Å². The molecule has 3 rings (SSSR count). The van der Waals surface area contributed by atoms with Gasteiger partial charge in [-0.3, -0.25) is 4.79 Å². The van der Waals surface area contributed by atoms with Crippen LogP contribution in [-0.2, 0) is 13.0 Å². The van der Waals surface area contributed by atoms with Gasteiger partial charge in [0, 0.05) is 34.1 Å². The number of rotatable bonds is 2. The SMILES string of the molecule is Cc1cc(-c2cc(Cl)ccc2C=O)n2c1CCCC2. The van der Waals surface area contributed by atoms with Crippen LogP contribution in [0.5, 0.6) is 0 Å². The third-order valence-corrected chi connectivity index (χ3v) is 4.12. The van der Waals surface area contributed by atoms with E-state index in [1.54, 1.807) is 12.1 Å². The highest BCUT2D eigenvalue weighted by Crippen LogP contribution is 2.32. The van der Waals surface area contributed by atoms with Crippen LogP contribution < -0.4 is 0 Å². The minimum absolute atomic E-state index is 0.671. The van der Waals surface area contributed by atoms with Gasteiger partial charge in [0.05, 0.1) is 0 Å². The first-order valence-electron chi connectivity index (χ1n) is 6.65. The van der Waals surface area contributed by atoms with Gasteiger partial charge in [-0.15, -0.1) is 0 Å². The van der Waals surface area contributed by atoms with Gasteiger partial charge in [0.15, 0.2) is 6.29 Å². The molecule has 0 aliphatic carbocycles. The summed E-state index contributed by atoms with van der Waals surface area (Å²) in [5.74, 6) is 0. The van der Waals surface area contributed by atoms with Gasteiger partial charge in [-0.25, -0.2) is 0 Å². The summed E-state index contributed by atoms with van der Waals surface area (Å²) in [5.41, 5.74) is 5.48. The number of hydrogen-bond donors (Lipinski definition) is 0. The molecule has 1 aliphatic rings. The third-order valence-electron chi connectivity index (χ3n) is 3.89. The highest BCUT2D eigenvalue weighted by molar-refractivity contribution is 6.31. The van der Waals surface area contributed by atoms with Gasteiger partial charge in [0.1, 0.15) is 0 Å². The number of hydrogen-bond acceptors (Lipinski definition) is 1. The van der Waals surface area contributed by atoms with Crippen molar-refractivity contribution in [2.45, 2.75) is 32.7 Å². The number of fused-ring (bicyclic) bond motifs is 1. The van der Waals surface area contributed by atoms with Crippen molar-refractivity contribution in [1.29, 1.82) is 0 Å². The van der Waals surface area contributed by atoms with E-state index < -0.39 is 0 Å². The van der Waals surface area contributed by atoms with Crippen LogP contribution in [0, 0.1) is 6.92 Å². The maximum atomic E-state index is 11.2. The minimum atomic E-state index is 0.671. The number of carbonyl (C=O) groups excluding carboxylic acids is 1. The van der Waals surface area contributed by atoms with E-state index in [0.29, 0.717) is 10.6 Å². The van der Waals surface area contributed by atoms with E-state index in [-0.39, 0.29) is 0 Å². The monoisotopic (exact) mass is 273 g/mol. The largest absolute Gasteiger partial charge is 0.344 e. The second kappa shape index (κ2) is 4.86. The molecule has 2 nitrogen and oxygen atoms in total. The van der Waals surface area contributed by atoms with Crippen LogP contribution in [0.15, 0.2) is 24.3 Å². The summed E-state index contributed by atoms with van der Waals surface area (Å²) in [5, 5.41) is 0.671. The molecule has 0 atom stereocenters. The Bertz CT molecular complexity index is 642. The zero-order chi connectivity index (χ0) is 13.4. The normalized spacial score (nSPS) is 14.2. The molecule has 0 amide bonds. The van der Waals surface area contributed by atoms with Gasteiger partial charge in [-0.1, -0.05) is 11.6 Å². The van der Waals surface area contributed by atoms with Gasteiger partial charge in [0.2, 0.25) is 0 Å². The summed E-state index contributed by atoms with van der Waals surface area (Å²) in [6, 6.07) is 7.63. The first-order valence-corrected chi connectivity index (χ1v) is 7.02. The first kappa shape index (κ1) is 12.5. The number of aryl methyl sites for hydroxylation is 1. The van der Waals surface area contributed by atoms with Crippen molar-refractivity contribution < 1.29 is 4.79 Å². The van der Waals surface area contributed by atoms with E-state index in [2.05, 4.69) is 17.6 Å². The lowest BCUT2D eigenvalue weighted by atomic mass is 10.1. The fourth-order valence-corrected chi connectivity index (χ4v) is 3.12. The molecule has 98 valence electrons. The summed E-state index contributed by atoms with van der Waals surface area (Å²) in [7, 11) is 0. The molecule has 0 N–H and O–H groups in total. The molecule has 1 aliphatic heterocycles. The molecule has 0 bridgehead atoms. The van der Waals surface area contributed by atoms with Gasteiger partial charge in [-0.05, 0) is 56.0 Å². The molecule has 0 saturated carbocycles. The van der Waals surface area contributed by atoms with E-state index in [1.807, 2.05) is 6.07 Å². The van der Waals surface area contributed by atoms with Crippen molar-refractivity contribution in [3.63, 3.8) is 0 Å². The topological polar surface area (TPSA) is 22.0 Å². The first-order chi connectivity index (χ1) is 9.20. The summed E-state index contributed by atoms with van der Waals surface area (Å²) in [6.07, 6.45) is 4.48. The van der Waals surface area contributed by atoms with Crippen molar-refractivity contribution >= 4 is 17.9 Å². The predicted molar refractivity (Wildman–Crippen MR) is 77.9 cm³/mol. The molecule has 19 heavy (non-hydrogen) atoms. The Hall–Kier alpha value is -1.54. The number of aldehydes is 1. The summed E-state index contributed by atoms with van der Waals surface area (Å²) in [6.45, 7) is 3.18. The minimum Gasteiger partial charge on any atom is -0.344 e. The van der Waals surface area contributed by atoms with Crippen LogP contribution in [0.2, 0.25) is 5.02 Å². The van der Waals surface area contributed by atoms with Crippen molar-refractivity contribution in [3.05, 3.63) is 46.1 Å². The van der Waals surface area contributed by atoms with Gasteiger partial charge < -0.3 is 4.57 Å². The maximum absolute atomic E-state index is 11.2. The summed E-state index contributed by atoms with van der Waals surface area (Å²) in [4.78, 5) is 11.2. The van der Waals surface area contributed by atoms with E-state index in [1.165, 1.54) is 24.1 Å². The van der Waals surface area contributed by atoms with E-state index >= 15 is 0 Å². The molecular formula is C16H16ClNO. The second-order valence-corrected chi connectivity index (χ2v) is 5.55. The molecule has 2 aromatic rings. The number of nitrogens with zero attached hydrogens (tertiary/aromatic N) is 1. The molecule has 1 aromatic heterocycles. The van der Waals surface area contributed by atoms with Crippen LogP contribution in [0.3, 0.4) is 0 Å². The van der Waals surface area contributed by atoms with Crippen LogP contribution >= 0.6 is 11.6 Å². The highest BCUT2D eigenvalue weighted by Gasteiger charge is 2.18. The summed E-state index contributed by atoms with van der Waals surface area (Å²) < 4.78 is 2.34. The fourth-order valence-electron chi connectivity index (χ4n) is 2.95. The molecule has 0 fully saturated rings. The predicted octanol–water partition coefficient (Wildman–Crippen LogP) is 4.27. The molecule has 0 radical (unpaired) electrons. The molecular weight excluding hydrogens is 258 g/mol. The van der Waals surface area contributed by atoms with Crippen molar-refractivity contribution in [1.82, 2.24) is 4.57 Å².